The highest BCUT2D eigenvalue weighted by Gasteiger charge is 2.28. The van der Waals surface area contributed by atoms with Crippen molar-refractivity contribution in [1.82, 2.24) is 9.88 Å². The van der Waals surface area contributed by atoms with Gasteiger partial charge in [0.05, 0.1) is 11.8 Å². The first kappa shape index (κ1) is 13.8. The molecule has 104 valence electrons. The van der Waals surface area contributed by atoms with Gasteiger partial charge in [-0.3, -0.25) is 4.79 Å². The Kier molecular flexibility index (Phi) is 4.35. The summed E-state index contributed by atoms with van der Waals surface area (Å²) in [7, 11) is 0. The van der Waals surface area contributed by atoms with E-state index in [1.807, 2.05) is 13.8 Å². The summed E-state index contributed by atoms with van der Waals surface area (Å²) in [5.41, 5.74) is 0.335. The van der Waals surface area contributed by atoms with Crippen LogP contribution in [0.3, 0.4) is 0 Å². The molecule has 0 radical (unpaired) electrons. The molecular weight excluding hydrogens is 245 g/mol. The highest BCUT2D eigenvalue weighted by atomic mass is 19.1. The second-order valence-corrected chi connectivity index (χ2v) is 4.97. The molecule has 1 atom stereocenters. The van der Waals surface area contributed by atoms with Gasteiger partial charge in [0.2, 0.25) is 0 Å². The fraction of sp³-hybridized carbons (Fsp3) is 0.571. The van der Waals surface area contributed by atoms with Gasteiger partial charge in [0, 0.05) is 19.1 Å². The van der Waals surface area contributed by atoms with E-state index in [2.05, 4.69) is 10.3 Å². The fourth-order valence-corrected chi connectivity index (χ4v) is 2.38. The van der Waals surface area contributed by atoms with Crippen LogP contribution in [0.5, 0.6) is 0 Å². The number of hydrogen-bond acceptors (Lipinski definition) is 3. The number of anilines is 1. The van der Waals surface area contributed by atoms with Crippen LogP contribution >= 0.6 is 0 Å². The number of likely N-dealkylation sites (tertiary alicyclic amines) is 1. The van der Waals surface area contributed by atoms with Gasteiger partial charge in [-0.2, -0.15) is 0 Å². The second kappa shape index (κ2) is 5.99. The number of halogens is 1. The maximum absolute atomic E-state index is 13.4. The molecule has 0 bridgehead atoms. The molecule has 19 heavy (non-hydrogen) atoms. The van der Waals surface area contributed by atoms with Gasteiger partial charge in [-0.05, 0) is 32.3 Å². The van der Waals surface area contributed by atoms with Gasteiger partial charge >= 0.3 is 0 Å². The van der Waals surface area contributed by atoms with Gasteiger partial charge in [-0.25, -0.2) is 9.37 Å². The average molecular weight is 265 g/mol. The van der Waals surface area contributed by atoms with Crippen molar-refractivity contribution >= 4 is 11.7 Å². The molecule has 1 amide bonds. The van der Waals surface area contributed by atoms with Crippen LogP contribution in [0.15, 0.2) is 12.3 Å². The lowest BCUT2D eigenvalue weighted by Gasteiger charge is -2.22. The monoisotopic (exact) mass is 265 g/mol. The molecule has 1 unspecified atom stereocenters. The van der Waals surface area contributed by atoms with Gasteiger partial charge in [-0.15, -0.1) is 0 Å². The number of carbonyl (C=O) groups excluding carboxylic acids is 1. The summed E-state index contributed by atoms with van der Waals surface area (Å²) in [6.07, 6.45) is 4.08. The SMILES string of the molecule is CCCNc1ncc(F)cc1C(=O)N1CCCC1C. The van der Waals surface area contributed by atoms with E-state index in [1.165, 1.54) is 6.07 Å². The molecule has 0 saturated carbocycles. The van der Waals surface area contributed by atoms with Crippen molar-refractivity contribution in [3.8, 4) is 0 Å². The normalized spacial score (nSPS) is 18.7. The lowest BCUT2D eigenvalue weighted by atomic mass is 10.2. The molecule has 1 saturated heterocycles. The lowest BCUT2D eigenvalue weighted by Crippen LogP contribution is -2.34. The van der Waals surface area contributed by atoms with Crippen molar-refractivity contribution in [3.63, 3.8) is 0 Å². The van der Waals surface area contributed by atoms with Crippen molar-refractivity contribution < 1.29 is 9.18 Å². The van der Waals surface area contributed by atoms with Crippen LogP contribution in [0.25, 0.3) is 0 Å². The first-order valence-electron chi connectivity index (χ1n) is 6.84. The molecule has 1 aliphatic rings. The van der Waals surface area contributed by atoms with E-state index in [0.29, 0.717) is 17.9 Å². The highest BCUT2D eigenvalue weighted by Crippen LogP contribution is 2.23. The molecule has 0 aliphatic carbocycles. The van der Waals surface area contributed by atoms with E-state index in [9.17, 15) is 9.18 Å². The van der Waals surface area contributed by atoms with Crippen LogP contribution in [0, 0.1) is 5.82 Å². The lowest BCUT2D eigenvalue weighted by molar-refractivity contribution is 0.0747. The molecule has 0 aromatic carbocycles. The number of hydrogen-bond donors (Lipinski definition) is 1. The predicted octanol–water partition coefficient (Wildman–Crippen LogP) is 2.67. The van der Waals surface area contributed by atoms with Gasteiger partial charge in [-0.1, -0.05) is 6.92 Å². The third-order valence-electron chi connectivity index (χ3n) is 3.44. The number of carbonyl (C=O) groups is 1. The average Bonchev–Trinajstić information content (AvgIpc) is 2.82. The molecule has 5 heteroatoms. The zero-order chi connectivity index (χ0) is 13.8. The van der Waals surface area contributed by atoms with E-state index in [4.69, 9.17) is 0 Å². The highest BCUT2D eigenvalue weighted by molar-refractivity contribution is 5.99. The zero-order valence-electron chi connectivity index (χ0n) is 11.4. The van der Waals surface area contributed by atoms with Gasteiger partial charge in [0.15, 0.2) is 0 Å². The Hall–Kier alpha value is -1.65. The number of rotatable bonds is 4. The minimum atomic E-state index is -0.475. The minimum absolute atomic E-state index is 0.129. The van der Waals surface area contributed by atoms with Gasteiger partial charge < -0.3 is 10.2 Å². The Bertz CT molecular complexity index is 464. The number of amides is 1. The fourth-order valence-electron chi connectivity index (χ4n) is 2.38. The molecule has 1 aromatic rings. The van der Waals surface area contributed by atoms with Gasteiger partial charge in [0.1, 0.15) is 11.6 Å². The molecule has 0 spiro atoms. The zero-order valence-corrected chi connectivity index (χ0v) is 11.4. The molecule has 4 nitrogen and oxygen atoms in total. The maximum atomic E-state index is 13.4. The van der Waals surface area contributed by atoms with E-state index in [0.717, 1.165) is 32.0 Å². The molecule has 2 heterocycles. The Morgan fingerprint density at radius 1 is 1.63 bits per heavy atom. The smallest absolute Gasteiger partial charge is 0.257 e. The quantitative estimate of drug-likeness (QED) is 0.910. The van der Waals surface area contributed by atoms with E-state index in [1.54, 1.807) is 4.90 Å². The Balaban J connectivity index is 2.26. The number of nitrogens with zero attached hydrogens (tertiary/aromatic N) is 2. The van der Waals surface area contributed by atoms with Crippen molar-refractivity contribution in [2.45, 2.75) is 39.2 Å². The first-order valence-corrected chi connectivity index (χ1v) is 6.84. The van der Waals surface area contributed by atoms with Crippen LogP contribution in [-0.2, 0) is 0 Å². The van der Waals surface area contributed by atoms with Crippen LogP contribution < -0.4 is 5.32 Å². The first-order chi connectivity index (χ1) is 9.13. The maximum Gasteiger partial charge on any atom is 0.257 e. The summed E-state index contributed by atoms with van der Waals surface area (Å²) >= 11 is 0. The van der Waals surface area contributed by atoms with Crippen LogP contribution in [0.1, 0.15) is 43.5 Å². The van der Waals surface area contributed by atoms with Crippen molar-refractivity contribution in [2.75, 3.05) is 18.4 Å². The summed E-state index contributed by atoms with van der Waals surface area (Å²) < 4.78 is 13.4. The summed E-state index contributed by atoms with van der Waals surface area (Å²) in [6, 6.07) is 1.49. The summed E-state index contributed by atoms with van der Waals surface area (Å²) in [4.78, 5) is 18.3. The third-order valence-corrected chi connectivity index (χ3v) is 3.44. The Morgan fingerprint density at radius 2 is 2.42 bits per heavy atom. The minimum Gasteiger partial charge on any atom is -0.369 e. The van der Waals surface area contributed by atoms with Crippen LogP contribution in [0.2, 0.25) is 0 Å². The summed E-state index contributed by atoms with van der Waals surface area (Å²) in [5, 5.41) is 3.08. The molecule has 1 aromatic heterocycles. The predicted molar refractivity (Wildman–Crippen MR) is 72.7 cm³/mol. The third kappa shape index (κ3) is 3.03. The number of pyridine rings is 1. The van der Waals surface area contributed by atoms with E-state index < -0.39 is 5.82 Å². The Morgan fingerprint density at radius 3 is 3.05 bits per heavy atom. The van der Waals surface area contributed by atoms with Gasteiger partial charge in [0.25, 0.3) is 5.91 Å². The van der Waals surface area contributed by atoms with Crippen LogP contribution in [0.4, 0.5) is 10.2 Å². The van der Waals surface area contributed by atoms with Crippen molar-refractivity contribution in [1.29, 1.82) is 0 Å². The molecule has 2 rings (SSSR count). The molecule has 1 N–H and O–H groups in total. The molecule has 1 fully saturated rings. The standard InChI is InChI=1S/C14H20FN3O/c1-3-6-16-13-12(8-11(15)9-17-13)14(19)18-7-4-5-10(18)2/h8-10H,3-7H2,1-2H3,(H,16,17). The van der Waals surface area contributed by atoms with Crippen molar-refractivity contribution in [2.24, 2.45) is 0 Å². The van der Waals surface area contributed by atoms with Crippen molar-refractivity contribution in [3.05, 3.63) is 23.6 Å². The molecular formula is C14H20FN3O. The molecule has 1 aliphatic heterocycles. The summed E-state index contributed by atoms with van der Waals surface area (Å²) in [5.74, 6) is -0.125. The van der Waals surface area contributed by atoms with Crippen LogP contribution in [-0.4, -0.2) is 34.9 Å². The van der Waals surface area contributed by atoms with E-state index >= 15 is 0 Å². The second-order valence-electron chi connectivity index (χ2n) is 4.97. The Labute approximate surface area is 113 Å². The van der Waals surface area contributed by atoms with E-state index in [-0.39, 0.29) is 11.9 Å². The topological polar surface area (TPSA) is 45.2 Å². The number of nitrogens with one attached hydrogen (secondary N) is 1. The number of aromatic nitrogens is 1. The summed E-state index contributed by atoms with van der Waals surface area (Å²) in [6.45, 7) is 5.51. The largest absolute Gasteiger partial charge is 0.369 e.